The highest BCUT2D eigenvalue weighted by Gasteiger charge is 2.38. The number of sulfone groups is 1. The van der Waals surface area contributed by atoms with Crippen LogP contribution < -0.4 is 5.32 Å². The maximum atomic E-state index is 12.4. The van der Waals surface area contributed by atoms with Crippen LogP contribution in [0.3, 0.4) is 0 Å². The molecule has 20 heavy (non-hydrogen) atoms. The first-order valence-corrected chi connectivity index (χ1v) is 9.39. The van der Waals surface area contributed by atoms with Gasteiger partial charge in [-0.05, 0) is 18.8 Å². The van der Waals surface area contributed by atoms with Gasteiger partial charge in [-0.2, -0.15) is 0 Å². The Hall–Kier alpha value is -0.620. The summed E-state index contributed by atoms with van der Waals surface area (Å²) in [7, 11) is -3.03. The van der Waals surface area contributed by atoms with E-state index in [9.17, 15) is 13.2 Å². The molecule has 1 fully saturated rings. The van der Waals surface area contributed by atoms with Gasteiger partial charge in [0.25, 0.3) is 0 Å². The van der Waals surface area contributed by atoms with Crippen molar-refractivity contribution in [1.82, 2.24) is 10.2 Å². The number of hydrogen-bond acceptors (Lipinski definition) is 4. The summed E-state index contributed by atoms with van der Waals surface area (Å²) in [5.41, 5.74) is 0. The molecule has 1 amide bonds. The Kier molecular flexibility index (Phi) is 6.45. The zero-order chi connectivity index (χ0) is 15.3. The second-order valence-electron chi connectivity index (χ2n) is 5.92. The van der Waals surface area contributed by atoms with E-state index in [0.29, 0.717) is 12.5 Å². The van der Waals surface area contributed by atoms with Gasteiger partial charge < -0.3 is 4.90 Å². The molecule has 118 valence electrons. The molecule has 0 radical (unpaired) electrons. The molecule has 1 rings (SSSR count). The Morgan fingerprint density at radius 2 is 1.95 bits per heavy atom. The second kappa shape index (κ2) is 7.41. The summed E-state index contributed by atoms with van der Waals surface area (Å²) in [5, 5.41) is 3.36. The first kappa shape index (κ1) is 17.4. The molecule has 6 heteroatoms. The molecule has 1 aliphatic rings. The first-order chi connectivity index (χ1) is 9.30. The molecule has 1 saturated heterocycles. The van der Waals surface area contributed by atoms with Crippen molar-refractivity contribution in [2.75, 3.05) is 18.1 Å². The Balaban J connectivity index is 2.71. The van der Waals surface area contributed by atoms with E-state index in [1.807, 2.05) is 0 Å². The Labute approximate surface area is 123 Å². The van der Waals surface area contributed by atoms with Gasteiger partial charge in [0.05, 0.1) is 18.0 Å². The summed E-state index contributed by atoms with van der Waals surface area (Å²) in [6, 6.07) is -0.157. The average Bonchev–Trinajstić information content (AvgIpc) is 2.64. The fourth-order valence-electron chi connectivity index (χ4n) is 2.55. The van der Waals surface area contributed by atoms with E-state index < -0.39 is 9.84 Å². The molecule has 2 unspecified atom stereocenters. The molecule has 0 bridgehead atoms. The summed E-state index contributed by atoms with van der Waals surface area (Å²) < 4.78 is 23.3. The van der Waals surface area contributed by atoms with Crippen LogP contribution >= 0.6 is 0 Å². The summed E-state index contributed by atoms with van der Waals surface area (Å²) in [6.45, 7) is 8.20. The highest BCUT2D eigenvalue weighted by Crippen LogP contribution is 2.19. The van der Waals surface area contributed by atoms with Crippen LogP contribution in [0.1, 0.15) is 47.0 Å². The van der Waals surface area contributed by atoms with Crippen LogP contribution in [-0.4, -0.2) is 49.5 Å². The molecule has 0 aromatic rings. The van der Waals surface area contributed by atoms with Gasteiger partial charge in [-0.25, -0.2) is 8.42 Å². The molecule has 1 aliphatic heterocycles. The summed E-state index contributed by atoms with van der Waals surface area (Å²) >= 11 is 0. The van der Waals surface area contributed by atoms with Gasteiger partial charge in [-0.3, -0.25) is 10.1 Å². The topological polar surface area (TPSA) is 66.5 Å². The van der Waals surface area contributed by atoms with Crippen LogP contribution in [0.2, 0.25) is 0 Å². The largest absolute Gasteiger partial charge is 0.325 e. The van der Waals surface area contributed by atoms with Crippen molar-refractivity contribution >= 4 is 15.7 Å². The number of nitrogens with zero attached hydrogens (tertiary/aromatic N) is 1. The highest BCUT2D eigenvalue weighted by atomic mass is 32.2. The zero-order valence-electron chi connectivity index (χ0n) is 13.1. The van der Waals surface area contributed by atoms with Crippen molar-refractivity contribution in [2.24, 2.45) is 5.92 Å². The number of carbonyl (C=O) groups is 1. The maximum Gasteiger partial charge on any atom is 0.241 e. The quantitative estimate of drug-likeness (QED) is 0.736. The van der Waals surface area contributed by atoms with E-state index in [0.717, 1.165) is 19.3 Å². The lowest BCUT2D eigenvalue weighted by atomic mass is 10.0. The van der Waals surface area contributed by atoms with Crippen molar-refractivity contribution in [3.8, 4) is 0 Å². The molecule has 0 saturated carbocycles. The van der Waals surface area contributed by atoms with Gasteiger partial charge in [0.2, 0.25) is 5.91 Å². The number of rotatable bonds is 8. The van der Waals surface area contributed by atoms with Crippen LogP contribution in [0, 0.1) is 5.92 Å². The second-order valence-corrected chi connectivity index (χ2v) is 8.39. The molecule has 2 atom stereocenters. The van der Waals surface area contributed by atoms with Gasteiger partial charge >= 0.3 is 0 Å². The van der Waals surface area contributed by atoms with Gasteiger partial charge in [0, 0.05) is 12.3 Å². The fraction of sp³-hybridized carbons (Fsp3) is 0.929. The number of carbonyl (C=O) groups excluding carboxylic acids is 1. The van der Waals surface area contributed by atoms with Gasteiger partial charge in [0.1, 0.15) is 0 Å². The molecule has 0 aliphatic carbocycles. The smallest absolute Gasteiger partial charge is 0.241 e. The van der Waals surface area contributed by atoms with Crippen molar-refractivity contribution in [1.29, 1.82) is 0 Å². The van der Waals surface area contributed by atoms with Crippen molar-refractivity contribution < 1.29 is 13.2 Å². The lowest BCUT2D eigenvalue weighted by Gasteiger charge is -2.23. The van der Waals surface area contributed by atoms with E-state index in [1.54, 1.807) is 11.8 Å². The van der Waals surface area contributed by atoms with Gasteiger partial charge in [0.15, 0.2) is 9.84 Å². The van der Waals surface area contributed by atoms with Crippen LogP contribution in [0.15, 0.2) is 0 Å². The normalized spacial score (nSPS) is 23.9. The molecule has 1 N–H and O–H groups in total. The molecule has 1 heterocycles. The fourth-order valence-corrected chi connectivity index (χ4v) is 3.31. The average molecular weight is 304 g/mol. The highest BCUT2D eigenvalue weighted by molar-refractivity contribution is 7.91. The van der Waals surface area contributed by atoms with Crippen LogP contribution in [0.5, 0.6) is 0 Å². The van der Waals surface area contributed by atoms with Crippen LogP contribution in [0.25, 0.3) is 0 Å². The predicted octanol–water partition coefficient (Wildman–Crippen LogP) is 1.39. The lowest BCUT2D eigenvalue weighted by Crippen LogP contribution is -2.40. The van der Waals surface area contributed by atoms with Gasteiger partial charge in [-0.15, -0.1) is 0 Å². The van der Waals surface area contributed by atoms with E-state index in [4.69, 9.17) is 0 Å². The minimum Gasteiger partial charge on any atom is -0.325 e. The Bertz CT molecular complexity index is 420. The SMILES string of the molecule is CCCC1NC(CC(C)C)C(=O)N1CCS(=O)(=O)CC. The lowest BCUT2D eigenvalue weighted by molar-refractivity contribution is -0.130. The summed E-state index contributed by atoms with van der Waals surface area (Å²) in [4.78, 5) is 14.1. The number of nitrogens with one attached hydrogen (secondary N) is 1. The minimum atomic E-state index is -3.03. The minimum absolute atomic E-state index is 0.0108. The van der Waals surface area contributed by atoms with Gasteiger partial charge in [-0.1, -0.05) is 34.1 Å². The van der Waals surface area contributed by atoms with Crippen molar-refractivity contribution in [2.45, 2.75) is 59.2 Å². The van der Waals surface area contributed by atoms with Crippen molar-refractivity contribution in [3.05, 3.63) is 0 Å². The monoisotopic (exact) mass is 304 g/mol. The summed E-state index contributed by atoms with van der Waals surface area (Å²) in [5.74, 6) is 0.698. The van der Waals surface area contributed by atoms with Crippen LogP contribution in [0.4, 0.5) is 0 Å². The first-order valence-electron chi connectivity index (χ1n) is 7.57. The maximum absolute atomic E-state index is 12.4. The molecular weight excluding hydrogens is 276 g/mol. The third-order valence-electron chi connectivity index (χ3n) is 3.70. The standard InChI is InChI=1S/C14H28N2O3S/c1-5-7-13-15-12(10-11(3)4)14(17)16(13)8-9-20(18,19)6-2/h11-13,15H,5-10H2,1-4H3. The van der Waals surface area contributed by atoms with E-state index >= 15 is 0 Å². The zero-order valence-corrected chi connectivity index (χ0v) is 13.9. The van der Waals surface area contributed by atoms with E-state index in [2.05, 4.69) is 26.1 Å². The van der Waals surface area contributed by atoms with E-state index in [1.165, 1.54) is 0 Å². The van der Waals surface area contributed by atoms with E-state index in [-0.39, 0.29) is 29.6 Å². The third kappa shape index (κ3) is 4.74. The summed E-state index contributed by atoms with van der Waals surface area (Å²) in [6.07, 6.45) is 2.63. The van der Waals surface area contributed by atoms with Crippen molar-refractivity contribution in [3.63, 3.8) is 0 Å². The predicted molar refractivity (Wildman–Crippen MR) is 81.1 cm³/mol. The Morgan fingerprint density at radius 3 is 2.45 bits per heavy atom. The molecule has 0 spiro atoms. The Morgan fingerprint density at radius 1 is 1.30 bits per heavy atom. The number of amides is 1. The molecular formula is C14H28N2O3S. The third-order valence-corrected chi connectivity index (χ3v) is 5.39. The van der Waals surface area contributed by atoms with Crippen LogP contribution in [-0.2, 0) is 14.6 Å². The molecule has 0 aromatic heterocycles. The molecule has 5 nitrogen and oxygen atoms in total. The molecule has 0 aromatic carbocycles. The number of hydrogen-bond donors (Lipinski definition) is 1.